The lowest BCUT2D eigenvalue weighted by molar-refractivity contribution is 0.0977. The van der Waals surface area contributed by atoms with E-state index in [2.05, 4.69) is 15.6 Å². The van der Waals surface area contributed by atoms with Gasteiger partial charge in [0.25, 0.3) is 5.91 Å². The number of nitrogens with zero attached hydrogens (tertiary/aromatic N) is 1. The van der Waals surface area contributed by atoms with E-state index in [0.29, 0.717) is 17.0 Å². The topological polar surface area (TPSA) is 76.4 Å². The van der Waals surface area contributed by atoms with Gasteiger partial charge in [-0.15, -0.1) is 0 Å². The van der Waals surface area contributed by atoms with Crippen LogP contribution in [0, 0.1) is 6.92 Å². The first-order chi connectivity index (χ1) is 14.5. The monoisotopic (exact) mass is 417 g/mol. The van der Waals surface area contributed by atoms with E-state index < -0.39 is 0 Å². The number of benzene rings is 3. The minimum atomic E-state index is -0.255. The van der Waals surface area contributed by atoms with Gasteiger partial charge in [-0.05, 0) is 67.7 Å². The highest BCUT2D eigenvalue weighted by Gasteiger charge is 2.11. The predicted molar refractivity (Wildman–Crippen MR) is 121 cm³/mol. The van der Waals surface area contributed by atoms with E-state index in [0.717, 1.165) is 28.1 Å². The summed E-state index contributed by atoms with van der Waals surface area (Å²) < 4.78 is 11.0. The molecule has 30 heavy (non-hydrogen) atoms. The van der Waals surface area contributed by atoms with Gasteiger partial charge < -0.3 is 14.5 Å². The molecular formula is C23H19N3O3S. The van der Waals surface area contributed by atoms with Gasteiger partial charge in [-0.3, -0.25) is 10.1 Å². The van der Waals surface area contributed by atoms with Crippen LogP contribution in [0.15, 0.2) is 71.1 Å². The third-order valence-electron chi connectivity index (χ3n) is 4.49. The van der Waals surface area contributed by atoms with Gasteiger partial charge in [0, 0.05) is 22.9 Å². The van der Waals surface area contributed by atoms with Crippen LogP contribution in [0.4, 0.5) is 5.69 Å². The van der Waals surface area contributed by atoms with Gasteiger partial charge in [0.1, 0.15) is 11.3 Å². The standard InChI is InChI=1S/C23H19N3O3S/c1-14-4-3-5-16(12-14)21(27)26-23(30)24-17-8-6-15(7-9-17)22-25-19-13-18(28-2)10-11-20(19)29-22/h3-13H,1-2H3,(H2,24,26,27,30). The molecule has 2 N–H and O–H groups in total. The second-order valence-corrected chi connectivity index (χ2v) is 7.12. The van der Waals surface area contributed by atoms with Crippen molar-refractivity contribution >= 4 is 40.0 Å². The number of hydrogen-bond acceptors (Lipinski definition) is 5. The van der Waals surface area contributed by atoms with Crippen molar-refractivity contribution in [2.45, 2.75) is 6.92 Å². The van der Waals surface area contributed by atoms with Crippen molar-refractivity contribution in [3.05, 3.63) is 77.9 Å². The molecule has 0 aliphatic rings. The van der Waals surface area contributed by atoms with E-state index in [-0.39, 0.29) is 11.0 Å². The van der Waals surface area contributed by atoms with E-state index in [4.69, 9.17) is 21.4 Å². The van der Waals surface area contributed by atoms with Gasteiger partial charge >= 0.3 is 0 Å². The average molecular weight is 417 g/mol. The van der Waals surface area contributed by atoms with E-state index in [9.17, 15) is 4.79 Å². The molecule has 0 saturated carbocycles. The molecule has 0 fully saturated rings. The lowest BCUT2D eigenvalue weighted by atomic mass is 10.1. The molecule has 1 aromatic heterocycles. The summed E-state index contributed by atoms with van der Waals surface area (Å²) in [4.78, 5) is 16.8. The van der Waals surface area contributed by atoms with Crippen molar-refractivity contribution in [1.82, 2.24) is 10.3 Å². The highest BCUT2D eigenvalue weighted by molar-refractivity contribution is 7.80. The maximum atomic E-state index is 12.3. The molecule has 0 radical (unpaired) electrons. The third kappa shape index (κ3) is 4.31. The van der Waals surface area contributed by atoms with Crippen molar-refractivity contribution in [2.24, 2.45) is 0 Å². The fourth-order valence-corrected chi connectivity index (χ4v) is 3.19. The maximum absolute atomic E-state index is 12.3. The first-order valence-electron chi connectivity index (χ1n) is 9.26. The molecule has 0 aliphatic carbocycles. The van der Waals surface area contributed by atoms with E-state index in [1.165, 1.54) is 0 Å². The minimum absolute atomic E-state index is 0.225. The first kappa shape index (κ1) is 19.6. The zero-order valence-corrected chi connectivity index (χ0v) is 17.2. The maximum Gasteiger partial charge on any atom is 0.257 e. The second kappa shape index (κ2) is 8.34. The number of methoxy groups -OCH3 is 1. The number of nitrogens with one attached hydrogen (secondary N) is 2. The molecule has 6 nitrogen and oxygen atoms in total. The Morgan fingerprint density at radius 2 is 1.87 bits per heavy atom. The largest absolute Gasteiger partial charge is 0.497 e. The summed E-state index contributed by atoms with van der Waals surface area (Å²) in [5.41, 5.74) is 4.55. The highest BCUT2D eigenvalue weighted by atomic mass is 32.1. The summed E-state index contributed by atoms with van der Waals surface area (Å²) in [7, 11) is 1.61. The van der Waals surface area contributed by atoms with Crippen molar-refractivity contribution in [3.63, 3.8) is 0 Å². The molecule has 150 valence electrons. The smallest absolute Gasteiger partial charge is 0.257 e. The zero-order valence-electron chi connectivity index (χ0n) is 16.4. The summed E-state index contributed by atoms with van der Waals surface area (Å²) in [6.07, 6.45) is 0. The van der Waals surface area contributed by atoms with Crippen molar-refractivity contribution in [2.75, 3.05) is 12.4 Å². The Morgan fingerprint density at radius 3 is 2.60 bits per heavy atom. The summed E-state index contributed by atoms with van der Waals surface area (Å²) in [5.74, 6) is 0.984. The number of thiocarbonyl (C=S) groups is 1. The van der Waals surface area contributed by atoms with Crippen LogP contribution in [0.3, 0.4) is 0 Å². The molecule has 1 heterocycles. The van der Waals surface area contributed by atoms with Crippen LogP contribution in [0.5, 0.6) is 5.75 Å². The highest BCUT2D eigenvalue weighted by Crippen LogP contribution is 2.27. The Labute approximate surface area is 178 Å². The number of aromatic nitrogens is 1. The Hall–Kier alpha value is -3.71. The summed E-state index contributed by atoms with van der Waals surface area (Å²) in [5, 5.41) is 5.92. The lowest BCUT2D eigenvalue weighted by Gasteiger charge is -2.10. The summed E-state index contributed by atoms with van der Waals surface area (Å²) in [6, 6.07) is 20.2. The van der Waals surface area contributed by atoms with Crippen LogP contribution in [0.2, 0.25) is 0 Å². The number of ether oxygens (including phenoxy) is 1. The number of amides is 1. The minimum Gasteiger partial charge on any atom is -0.497 e. The zero-order chi connectivity index (χ0) is 21.1. The van der Waals surface area contributed by atoms with Gasteiger partial charge in [0.15, 0.2) is 10.7 Å². The Balaban J connectivity index is 1.43. The number of hydrogen-bond donors (Lipinski definition) is 2. The Bertz CT molecular complexity index is 1230. The van der Waals surface area contributed by atoms with Gasteiger partial charge in [-0.2, -0.15) is 0 Å². The predicted octanol–water partition coefficient (Wildman–Crippen LogP) is 4.94. The average Bonchev–Trinajstić information content (AvgIpc) is 3.17. The normalized spacial score (nSPS) is 10.6. The van der Waals surface area contributed by atoms with Crippen molar-refractivity contribution < 1.29 is 13.9 Å². The summed E-state index contributed by atoms with van der Waals surface area (Å²) >= 11 is 5.25. The van der Waals surface area contributed by atoms with Gasteiger partial charge in [0.05, 0.1) is 7.11 Å². The second-order valence-electron chi connectivity index (χ2n) is 6.71. The molecule has 0 unspecified atom stereocenters. The lowest BCUT2D eigenvalue weighted by Crippen LogP contribution is -2.34. The number of oxazole rings is 1. The molecular weight excluding hydrogens is 398 g/mol. The van der Waals surface area contributed by atoms with Crippen LogP contribution in [-0.4, -0.2) is 23.1 Å². The molecule has 3 aromatic carbocycles. The SMILES string of the molecule is COc1ccc2oc(-c3ccc(NC(=S)NC(=O)c4cccc(C)c4)cc3)nc2c1. The number of rotatable bonds is 4. The third-order valence-corrected chi connectivity index (χ3v) is 4.70. The van der Waals surface area contributed by atoms with E-state index in [1.807, 2.05) is 67.6 Å². The fourth-order valence-electron chi connectivity index (χ4n) is 2.98. The number of carbonyl (C=O) groups is 1. The number of fused-ring (bicyclic) bond motifs is 1. The number of aryl methyl sites for hydroxylation is 1. The molecule has 0 spiro atoms. The van der Waals surface area contributed by atoms with E-state index >= 15 is 0 Å². The van der Waals surface area contributed by atoms with Crippen LogP contribution >= 0.6 is 12.2 Å². The molecule has 0 aliphatic heterocycles. The van der Waals surface area contributed by atoms with Crippen molar-refractivity contribution in [3.8, 4) is 17.2 Å². The first-order valence-corrected chi connectivity index (χ1v) is 9.67. The number of anilines is 1. The molecule has 4 rings (SSSR count). The molecule has 7 heteroatoms. The quantitative estimate of drug-likeness (QED) is 0.458. The Kier molecular flexibility index (Phi) is 5.45. The van der Waals surface area contributed by atoms with Crippen molar-refractivity contribution in [1.29, 1.82) is 0 Å². The molecule has 1 amide bonds. The van der Waals surface area contributed by atoms with Gasteiger partial charge in [-0.25, -0.2) is 4.98 Å². The summed E-state index contributed by atoms with van der Waals surface area (Å²) in [6.45, 7) is 1.93. The molecule has 4 aromatic rings. The van der Waals surface area contributed by atoms with Crippen LogP contribution in [0.25, 0.3) is 22.6 Å². The van der Waals surface area contributed by atoms with Crippen LogP contribution in [-0.2, 0) is 0 Å². The van der Waals surface area contributed by atoms with Gasteiger partial charge in [0.2, 0.25) is 5.89 Å². The number of carbonyl (C=O) groups excluding carboxylic acids is 1. The van der Waals surface area contributed by atoms with Gasteiger partial charge in [-0.1, -0.05) is 17.7 Å². The fraction of sp³-hybridized carbons (Fsp3) is 0.0870. The molecule has 0 atom stereocenters. The van der Waals surface area contributed by atoms with E-state index in [1.54, 1.807) is 13.2 Å². The van der Waals surface area contributed by atoms with Crippen LogP contribution in [0.1, 0.15) is 15.9 Å². The molecule has 0 saturated heterocycles. The van der Waals surface area contributed by atoms with Crippen LogP contribution < -0.4 is 15.4 Å². The molecule has 0 bridgehead atoms. The Morgan fingerprint density at radius 1 is 1.07 bits per heavy atom.